The van der Waals surface area contributed by atoms with Gasteiger partial charge in [-0.1, -0.05) is 34.1 Å². The first-order valence-electron chi connectivity index (χ1n) is 6.75. The molecule has 0 spiro atoms. The summed E-state index contributed by atoms with van der Waals surface area (Å²) in [6.07, 6.45) is 1.09. The number of amides is 2. The summed E-state index contributed by atoms with van der Waals surface area (Å²) in [6, 6.07) is 8.03. The highest BCUT2D eigenvalue weighted by Crippen LogP contribution is 2.19. The molecule has 0 bridgehead atoms. The molecule has 5 heteroatoms. The molecule has 0 saturated carbocycles. The Bertz CT molecular complexity index is 518. The van der Waals surface area contributed by atoms with Crippen molar-refractivity contribution >= 4 is 27.7 Å². The minimum absolute atomic E-state index is 0.0257. The Morgan fingerprint density at radius 1 is 1.50 bits per heavy atom. The average molecular weight is 339 g/mol. The van der Waals surface area contributed by atoms with E-state index in [0.29, 0.717) is 13.0 Å². The summed E-state index contributed by atoms with van der Waals surface area (Å²) < 4.78 is 1.05. The summed E-state index contributed by atoms with van der Waals surface area (Å²) >= 11 is 3.51. The topological polar surface area (TPSA) is 49.4 Å². The second-order valence-electron chi connectivity index (χ2n) is 5.38. The smallest absolute Gasteiger partial charge is 0.225 e. The van der Waals surface area contributed by atoms with Crippen LogP contribution in [-0.4, -0.2) is 36.3 Å². The first-order chi connectivity index (χ1) is 9.47. The van der Waals surface area contributed by atoms with Crippen molar-refractivity contribution in [2.75, 3.05) is 13.6 Å². The van der Waals surface area contributed by atoms with E-state index in [-0.39, 0.29) is 23.8 Å². The zero-order valence-corrected chi connectivity index (χ0v) is 13.3. The molecular formula is C15H19BrN2O2. The standard InChI is InChI=1S/C15H19BrN2O2/c1-10(7-11-5-3-4-6-13(11)16)17-15(20)12-8-14(19)18(2)9-12/h3-6,10,12H,7-9H2,1-2H3,(H,17,20). The van der Waals surface area contributed by atoms with Crippen LogP contribution in [0.2, 0.25) is 0 Å². The maximum Gasteiger partial charge on any atom is 0.225 e. The van der Waals surface area contributed by atoms with Gasteiger partial charge in [-0.2, -0.15) is 0 Å². The summed E-state index contributed by atoms with van der Waals surface area (Å²) in [7, 11) is 1.74. The minimum atomic E-state index is -0.214. The number of likely N-dealkylation sites (tertiary alicyclic amines) is 1. The Kier molecular flexibility index (Phi) is 4.81. The first kappa shape index (κ1) is 15.0. The third-order valence-corrected chi connectivity index (χ3v) is 4.36. The maximum absolute atomic E-state index is 12.1. The monoisotopic (exact) mass is 338 g/mol. The van der Waals surface area contributed by atoms with Crippen LogP contribution in [0.3, 0.4) is 0 Å². The summed E-state index contributed by atoms with van der Waals surface area (Å²) in [6.45, 7) is 2.50. The molecule has 1 heterocycles. The lowest BCUT2D eigenvalue weighted by Crippen LogP contribution is -2.39. The number of rotatable bonds is 4. The highest BCUT2D eigenvalue weighted by Gasteiger charge is 2.32. The molecule has 1 aliphatic rings. The number of nitrogens with zero attached hydrogens (tertiary/aromatic N) is 1. The quantitative estimate of drug-likeness (QED) is 0.912. The molecule has 0 aromatic heterocycles. The number of carbonyl (C=O) groups is 2. The fraction of sp³-hybridized carbons (Fsp3) is 0.467. The van der Waals surface area contributed by atoms with Gasteiger partial charge in [0.25, 0.3) is 0 Å². The lowest BCUT2D eigenvalue weighted by molar-refractivity contribution is -0.128. The van der Waals surface area contributed by atoms with E-state index in [4.69, 9.17) is 0 Å². The van der Waals surface area contributed by atoms with Gasteiger partial charge in [-0.05, 0) is 25.0 Å². The normalized spacial score (nSPS) is 20.1. The molecular weight excluding hydrogens is 320 g/mol. The molecule has 1 saturated heterocycles. The third kappa shape index (κ3) is 3.60. The zero-order valence-electron chi connectivity index (χ0n) is 11.7. The Labute approximate surface area is 127 Å². The molecule has 2 unspecified atom stereocenters. The Morgan fingerprint density at radius 3 is 2.80 bits per heavy atom. The lowest BCUT2D eigenvalue weighted by Gasteiger charge is -2.17. The molecule has 1 fully saturated rings. The predicted molar refractivity (Wildman–Crippen MR) is 81.2 cm³/mol. The molecule has 1 aliphatic heterocycles. The van der Waals surface area contributed by atoms with Gasteiger partial charge in [-0.25, -0.2) is 0 Å². The van der Waals surface area contributed by atoms with Crippen LogP contribution in [0, 0.1) is 5.92 Å². The number of carbonyl (C=O) groups excluding carboxylic acids is 2. The molecule has 2 atom stereocenters. The average Bonchev–Trinajstić information content (AvgIpc) is 2.72. The van der Waals surface area contributed by atoms with Crippen molar-refractivity contribution < 1.29 is 9.59 Å². The van der Waals surface area contributed by atoms with Gasteiger partial charge in [0.05, 0.1) is 5.92 Å². The van der Waals surface area contributed by atoms with Crippen LogP contribution in [0.15, 0.2) is 28.7 Å². The number of hydrogen-bond acceptors (Lipinski definition) is 2. The van der Waals surface area contributed by atoms with Crippen molar-refractivity contribution in [3.63, 3.8) is 0 Å². The first-order valence-corrected chi connectivity index (χ1v) is 7.54. The van der Waals surface area contributed by atoms with Crippen molar-refractivity contribution in [3.05, 3.63) is 34.3 Å². The number of benzene rings is 1. The van der Waals surface area contributed by atoms with Crippen LogP contribution < -0.4 is 5.32 Å². The molecule has 2 amide bonds. The molecule has 108 valence electrons. The maximum atomic E-state index is 12.1. The van der Waals surface area contributed by atoms with Crippen LogP contribution in [-0.2, 0) is 16.0 Å². The van der Waals surface area contributed by atoms with Gasteiger partial charge in [-0.15, -0.1) is 0 Å². The Hall–Kier alpha value is -1.36. The second-order valence-corrected chi connectivity index (χ2v) is 6.23. The number of halogens is 1. The van der Waals surface area contributed by atoms with E-state index >= 15 is 0 Å². The van der Waals surface area contributed by atoms with E-state index in [2.05, 4.69) is 21.2 Å². The summed E-state index contributed by atoms with van der Waals surface area (Å²) in [5, 5.41) is 3.00. The SMILES string of the molecule is CC(Cc1ccccc1Br)NC(=O)C1CC(=O)N(C)C1. The highest BCUT2D eigenvalue weighted by atomic mass is 79.9. The lowest BCUT2D eigenvalue weighted by atomic mass is 10.0. The van der Waals surface area contributed by atoms with Crippen LogP contribution in [0.5, 0.6) is 0 Å². The predicted octanol–water partition coefficient (Wildman–Crippen LogP) is 1.97. The largest absolute Gasteiger partial charge is 0.353 e. The second kappa shape index (κ2) is 6.39. The van der Waals surface area contributed by atoms with Gasteiger partial charge >= 0.3 is 0 Å². The molecule has 1 N–H and O–H groups in total. The number of hydrogen-bond donors (Lipinski definition) is 1. The third-order valence-electron chi connectivity index (χ3n) is 3.58. The molecule has 2 rings (SSSR count). The van der Waals surface area contributed by atoms with Crippen LogP contribution in [0.4, 0.5) is 0 Å². The van der Waals surface area contributed by atoms with Crippen molar-refractivity contribution in [1.82, 2.24) is 10.2 Å². The minimum Gasteiger partial charge on any atom is -0.353 e. The molecule has 1 aromatic carbocycles. The van der Waals surface area contributed by atoms with E-state index in [1.165, 1.54) is 5.56 Å². The summed E-state index contributed by atoms with van der Waals surface area (Å²) in [5.41, 5.74) is 1.17. The molecule has 0 aliphatic carbocycles. The van der Waals surface area contributed by atoms with Gasteiger partial charge in [0.15, 0.2) is 0 Å². The number of nitrogens with one attached hydrogen (secondary N) is 1. The molecule has 4 nitrogen and oxygen atoms in total. The van der Waals surface area contributed by atoms with Crippen molar-refractivity contribution in [1.29, 1.82) is 0 Å². The highest BCUT2D eigenvalue weighted by molar-refractivity contribution is 9.10. The molecule has 20 heavy (non-hydrogen) atoms. The Morgan fingerprint density at radius 2 is 2.20 bits per heavy atom. The zero-order chi connectivity index (χ0) is 14.7. The van der Waals surface area contributed by atoms with Gasteiger partial charge in [0, 0.05) is 30.5 Å². The van der Waals surface area contributed by atoms with E-state index in [9.17, 15) is 9.59 Å². The van der Waals surface area contributed by atoms with Crippen LogP contribution >= 0.6 is 15.9 Å². The summed E-state index contributed by atoms with van der Waals surface area (Å²) in [4.78, 5) is 25.2. The fourth-order valence-corrected chi connectivity index (χ4v) is 2.89. The Balaban J connectivity index is 1.89. The molecule has 0 radical (unpaired) electrons. The van der Waals surface area contributed by atoms with Crippen molar-refractivity contribution in [2.24, 2.45) is 5.92 Å². The van der Waals surface area contributed by atoms with E-state index in [0.717, 1.165) is 10.9 Å². The van der Waals surface area contributed by atoms with Crippen molar-refractivity contribution in [2.45, 2.75) is 25.8 Å². The fourth-order valence-electron chi connectivity index (χ4n) is 2.44. The summed E-state index contributed by atoms with van der Waals surface area (Å²) in [5.74, 6) is -0.194. The van der Waals surface area contributed by atoms with Crippen molar-refractivity contribution in [3.8, 4) is 0 Å². The van der Waals surface area contributed by atoms with Gasteiger partial charge in [0.1, 0.15) is 0 Å². The van der Waals surface area contributed by atoms with E-state index in [1.807, 2.05) is 31.2 Å². The van der Waals surface area contributed by atoms with Crippen LogP contribution in [0.1, 0.15) is 18.9 Å². The van der Waals surface area contributed by atoms with Gasteiger partial charge < -0.3 is 10.2 Å². The van der Waals surface area contributed by atoms with Gasteiger partial charge in [0.2, 0.25) is 11.8 Å². The molecule has 1 aromatic rings. The van der Waals surface area contributed by atoms with Crippen LogP contribution in [0.25, 0.3) is 0 Å². The van der Waals surface area contributed by atoms with E-state index in [1.54, 1.807) is 11.9 Å². The van der Waals surface area contributed by atoms with Gasteiger partial charge in [-0.3, -0.25) is 9.59 Å². The van der Waals surface area contributed by atoms with E-state index < -0.39 is 0 Å².